The van der Waals surface area contributed by atoms with Gasteiger partial charge in [0, 0.05) is 10.0 Å². The van der Waals surface area contributed by atoms with Crippen LogP contribution in [0.1, 0.15) is 15.9 Å². The number of fused-ring (bicyclic) bond motifs is 1. The van der Waals surface area contributed by atoms with Crippen LogP contribution in [0.4, 0.5) is 4.39 Å². The average molecular weight is 431 g/mol. The van der Waals surface area contributed by atoms with Crippen LogP contribution >= 0.6 is 15.9 Å². The summed E-state index contributed by atoms with van der Waals surface area (Å²) in [5, 5.41) is 1.82. The lowest BCUT2D eigenvalue weighted by Crippen LogP contribution is -2.42. The molecule has 0 fully saturated rings. The molecule has 3 rings (SSSR count). The van der Waals surface area contributed by atoms with Crippen LogP contribution in [0, 0.1) is 5.82 Å². The van der Waals surface area contributed by atoms with Crippen molar-refractivity contribution in [2.24, 2.45) is 0 Å². The molecule has 0 aromatic heterocycles. The third-order valence-electron chi connectivity index (χ3n) is 4.04. The van der Waals surface area contributed by atoms with E-state index >= 15 is 0 Å². The molecule has 3 aromatic carbocycles. The van der Waals surface area contributed by atoms with Crippen LogP contribution in [0.3, 0.4) is 0 Å². The highest BCUT2D eigenvalue weighted by molar-refractivity contribution is 9.10. The summed E-state index contributed by atoms with van der Waals surface area (Å²) in [5.41, 5.74) is 5.09. The lowest BCUT2D eigenvalue weighted by molar-refractivity contribution is -0.121. The smallest absolute Gasteiger partial charge is 0.272 e. The number of halogens is 2. The first-order chi connectivity index (χ1) is 13.0. The number of rotatable bonds is 4. The Morgan fingerprint density at radius 2 is 1.85 bits per heavy atom. The fourth-order valence-corrected chi connectivity index (χ4v) is 3.14. The van der Waals surface area contributed by atoms with E-state index in [0.717, 1.165) is 15.2 Å². The molecule has 27 heavy (non-hydrogen) atoms. The third-order valence-corrected chi connectivity index (χ3v) is 4.53. The van der Waals surface area contributed by atoms with Gasteiger partial charge in [-0.2, -0.15) is 0 Å². The van der Waals surface area contributed by atoms with E-state index in [1.54, 1.807) is 12.1 Å². The predicted octanol–water partition coefficient (Wildman–Crippen LogP) is 3.75. The summed E-state index contributed by atoms with van der Waals surface area (Å²) in [6.45, 7) is 0. The summed E-state index contributed by atoms with van der Waals surface area (Å²) < 4.78 is 19.9. The zero-order valence-corrected chi connectivity index (χ0v) is 16.0. The third kappa shape index (κ3) is 4.25. The zero-order valence-electron chi connectivity index (χ0n) is 14.4. The summed E-state index contributed by atoms with van der Waals surface area (Å²) in [6.07, 6.45) is -0.0142. The van der Waals surface area contributed by atoms with Crippen molar-refractivity contribution in [1.29, 1.82) is 0 Å². The van der Waals surface area contributed by atoms with E-state index in [4.69, 9.17) is 4.74 Å². The average Bonchev–Trinajstić information content (AvgIpc) is 2.66. The molecule has 0 saturated heterocycles. The van der Waals surface area contributed by atoms with Crippen LogP contribution in [0.15, 0.2) is 59.1 Å². The number of nitrogens with one attached hydrogen (secondary N) is 2. The van der Waals surface area contributed by atoms with Gasteiger partial charge in [0.2, 0.25) is 5.91 Å². The monoisotopic (exact) mass is 430 g/mol. The molecule has 3 aromatic rings. The molecule has 0 aliphatic carbocycles. The molecule has 2 N–H and O–H groups in total. The van der Waals surface area contributed by atoms with E-state index in [1.807, 2.05) is 24.3 Å². The van der Waals surface area contributed by atoms with Crippen molar-refractivity contribution in [1.82, 2.24) is 10.9 Å². The Balaban J connectivity index is 1.76. The lowest BCUT2D eigenvalue weighted by Gasteiger charge is -2.13. The van der Waals surface area contributed by atoms with Gasteiger partial charge in [0.05, 0.1) is 19.1 Å². The Morgan fingerprint density at radius 1 is 1.07 bits per heavy atom. The number of hydrogen-bond acceptors (Lipinski definition) is 3. The molecule has 0 unspecified atom stereocenters. The Hall–Kier alpha value is -2.93. The number of ether oxygens (including phenoxy) is 1. The number of hydrogen-bond donors (Lipinski definition) is 2. The quantitative estimate of drug-likeness (QED) is 0.619. The summed E-state index contributed by atoms with van der Waals surface area (Å²) in [4.78, 5) is 24.3. The fourth-order valence-electron chi connectivity index (χ4n) is 2.76. The van der Waals surface area contributed by atoms with Gasteiger partial charge < -0.3 is 4.74 Å². The van der Waals surface area contributed by atoms with Gasteiger partial charge in [0.1, 0.15) is 11.6 Å². The summed E-state index contributed by atoms with van der Waals surface area (Å²) in [6, 6.07) is 14.9. The number of carbonyl (C=O) groups is 2. The van der Waals surface area contributed by atoms with Gasteiger partial charge in [-0.3, -0.25) is 20.4 Å². The molecule has 0 bridgehead atoms. The summed E-state index contributed by atoms with van der Waals surface area (Å²) >= 11 is 3.42. The van der Waals surface area contributed by atoms with Crippen molar-refractivity contribution in [3.8, 4) is 5.75 Å². The first kappa shape index (κ1) is 18.8. The minimum absolute atomic E-state index is 0.0142. The van der Waals surface area contributed by atoms with Crippen LogP contribution in [0.25, 0.3) is 10.8 Å². The van der Waals surface area contributed by atoms with Crippen LogP contribution in [-0.2, 0) is 11.2 Å². The summed E-state index contributed by atoms with van der Waals surface area (Å²) in [5.74, 6) is -1.27. The van der Waals surface area contributed by atoms with E-state index in [0.29, 0.717) is 11.3 Å². The van der Waals surface area contributed by atoms with Crippen LogP contribution in [-0.4, -0.2) is 18.9 Å². The van der Waals surface area contributed by atoms with Gasteiger partial charge in [-0.15, -0.1) is 0 Å². The minimum atomic E-state index is -0.727. The van der Waals surface area contributed by atoms with E-state index in [-0.39, 0.29) is 12.0 Å². The molecule has 7 heteroatoms. The predicted molar refractivity (Wildman–Crippen MR) is 104 cm³/mol. The Kier molecular flexibility index (Phi) is 5.71. The second kappa shape index (κ2) is 8.18. The zero-order chi connectivity index (χ0) is 19.4. The highest BCUT2D eigenvalue weighted by Gasteiger charge is 2.15. The fraction of sp³-hybridized carbons (Fsp3) is 0.100. The first-order valence-corrected chi connectivity index (χ1v) is 8.87. The maximum absolute atomic E-state index is 13.6. The molecule has 0 aliphatic heterocycles. The van der Waals surface area contributed by atoms with Crippen LogP contribution in [0.5, 0.6) is 5.75 Å². The first-order valence-electron chi connectivity index (χ1n) is 8.08. The lowest BCUT2D eigenvalue weighted by atomic mass is 10.0. The van der Waals surface area contributed by atoms with Crippen molar-refractivity contribution >= 4 is 38.5 Å². The highest BCUT2D eigenvalue weighted by atomic mass is 79.9. The number of methoxy groups -OCH3 is 1. The van der Waals surface area contributed by atoms with Gasteiger partial charge in [-0.05, 0) is 41.1 Å². The molecule has 0 aliphatic rings. The molecular formula is C20H16BrFN2O3. The van der Waals surface area contributed by atoms with E-state index in [9.17, 15) is 14.0 Å². The topological polar surface area (TPSA) is 67.4 Å². The molecule has 138 valence electrons. The highest BCUT2D eigenvalue weighted by Crippen LogP contribution is 2.30. The molecule has 5 nitrogen and oxygen atoms in total. The van der Waals surface area contributed by atoms with Gasteiger partial charge in [-0.25, -0.2) is 4.39 Å². The Bertz CT molecular complexity index is 1020. The van der Waals surface area contributed by atoms with Crippen molar-refractivity contribution < 1.29 is 18.7 Å². The maximum atomic E-state index is 13.6. The Morgan fingerprint density at radius 3 is 2.59 bits per heavy atom. The second-order valence-electron chi connectivity index (χ2n) is 5.77. The Labute approximate surface area is 163 Å². The van der Waals surface area contributed by atoms with Gasteiger partial charge in [-0.1, -0.05) is 40.2 Å². The van der Waals surface area contributed by atoms with Crippen molar-refractivity contribution in [3.05, 3.63) is 76.0 Å². The molecule has 0 atom stereocenters. The molecule has 0 spiro atoms. The van der Waals surface area contributed by atoms with E-state index < -0.39 is 17.6 Å². The van der Waals surface area contributed by atoms with Gasteiger partial charge in [0.25, 0.3) is 5.91 Å². The SMILES string of the molecule is COc1ccc2cc(Br)ccc2c1CC(=O)NNC(=O)c1ccccc1F. The normalized spacial score (nSPS) is 10.5. The van der Waals surface area contributed by atoms with E-state index in [1.165, 1.54) is 25.3 Å². The number of benzene rings is 3. The standard InChI is InChI=1S/C20H16BrFN2O3/c1-27-18-9-6-12-10-13(21)7-8-14(12)16(18)11-19(25)23-24-20(26)15-4-2-3-5-17(15)22/h2-10H,11H2,1H3,(H,23,25)(H,24,26). The molecule has 0 heterocycles. The van der Waals surface area contributed by atoms with Gasteiger partial charge >= 0.3 is 0 Å². The number of amides is 2. The van der Waals surface area contributed by atoms with Gasteiger partial charge in [0.15, 0.2) is 0 Å². The molecule has 2 amide bonds. The number of carbonyl (C=O) groups excluding carboxylic acids is 2. The molecular weight excluding hydrogens is 415 g/mol. The molecule has 0 saturated carbocycles. The van der Waals surface area contributed by atoms with E-state index in [2.05, 4.69) is 26.8 Å². The van der Waals surface area contributed by atoms with Crippen molar-refractivity contribution in [2.45, 2.75) is 6.42 Å². The van der Waals surface area contributed by atoms with Crippen LogP contribution < -0.4 is 15.6 Å². The van der Waals surface area contributed by atoms with Crippen LogP contribution in [0.2, 0.25) is 0 Å². The summed E-state index contributed by atoms with van der Waals surface area (Å²) in [7, 11) is 1.53. The van der Waals surface area contributed by atoms with Crippen molar-refractivity contribution in [2.75, 3.05) is 7.11 Å². The second-order valence-corrected chi connectivity index (χ2v) is 6.69. The molecule has 0 radical (unpaired) electrons. The maximum Gasteiger partial charge on any atom is 0.272 e. The van der Waals surface area contributed by atoms with Crippen molar-refractivity contribution in [3.63, 3.8) is 0 Å². The largest absolute Gasteiger partial charge is 0.496 e. The minimum Gasteiger partial charge on any atom is -0.496 e. The number of hydrazine groups is 1.